The molecule has 25 heavy (non-hydrogen) atoms. The quantitative estimate of drug-likeness (QED) is 0.603. The van der Waals surface area contributed by atoms with Gasteiger partial charge in [-0.2, -0.15) is 0 Å². The molecule has 1 atom stereocenters. The third-order valence-corrected chi connectivity index (χ3v) is 4.78. The Morgan fingerprint density at radius 2 is 2.00 bits per heavy atom. The van der Waals surface area contributed by atoms with Crippen molar-refractivity contribution in [2.75, 3.05) is 34.3 Å². The Morgan fingerprint density at radius 3 is 2.56 bits per heavy atom. The van der Waals surface area contributed by atoms with E-state index in [1.807, 2.05) is 38.1 Å². The molecule has 7 heteroatoms. The largest absolute Gasteiger partial charge is 0.466 e. The lowest BCUT2D eigenvalue weighted by atomic mass is 9.95. The van der Waals surface area contributed by atoms with Crippen LogP contribution in [0.5, 0.6) is 0 Å². The topological polar surface area (TPSA) is 44.8 Å². The molecule has 5 nitrogen and oxygen atoms in total. The van der Waals surface area contributed by atoms with E-state index >= 15 is 0 Å². The number of hydrogen-bond donors (Lipinski definition) is 1. The summed E-state index contributed by atoms with van der Waals surface area (Å²) in [5.74, 6) is -0.356. The SMILES string of the molecule is COC(=O)C1=C(C)N(CCCN(C)C)C(=S)N[C@H]1c1ccc(Cl)cc1. The number of benzene rings is 1. The fourth-order valence-electron chi connectivity index (χ4n) is 2.88. The van der Waals surface area contributed by atoms with Crippen LogP contribution in [0.2, 0.25) is 5.02 Å². The second-order valence-electron chi connectivity index (χ2n) is 6.23. The Kier molecular flexibility index (Phi) is 6.81. The van der Waals surface area contributed by atoms with Gasteiger partial charge >= 0.3 is 5.97 Å². The number of rotatable bonds is 6. The summed E-state index contributed by atoms with van der Waals surface area (Å²) in [6.07, 6.45) is 0.937. The molecule has 0 radical (unpaired) electrons. The van der Waals surface area contributed by atoms with Gasteiger partial charge in [0.25, 0.3) is 0 Å². The van der Waals surface area contributed by atoms with Crippen molar-refractivity contribution in [2.24, 2.45) is 0 Å². The normalized spacial score (nSPS) is 17.8. The molecule has 0 aliphatic carbocycles. The molecule has 1 aliphatic rings. The first-order valence-electron chi connectivity index (χ1n) is 8.12. The van der Waals surface area contributed by atoms with Crippen molar-refractivity contribution in [3.63, 3.8) is 0 Å². The van der Waals surface area contributed by atoms with E-state index in [4.69, 9.17) is 28.6 Å². The van der Waals surface area contributed by atoms with Crippen LogP contribution in [0.4, 0.5) is 0 Å². The fourth-order valence-corrected chi connectivity index (χ4v) is 3.35. The number of nitrogens with zero attached hydrogens (tertiary/aromatic N) is 2. The van der Waals surface area contributed by atoms with E-state index in [2.05, 4.69) is 10.2 Å². The van der Waals surface area contributed by atoms with Gasteiger partial charge in [0.1, 0.15) is 0 Å². The summed E-state index contributed by atoms with van der Waals surface area (Å²) in [4.78, 5) is 16.5. The van der Waals surface area contributed by atoms with Crippen molar-refractivity contribution in [1.29, 1.82) is 0 Å². The minimum absolute atomic E-state index is 0.345. The molecule has 0 saturated carbocycles. The number of hydrogen-bond acceptors (Lipinski definition) is 4. The van der Waals surface area contributed by atoms with Crippen LogP contribution >= 0.6 is 23.8 Å². The zero-order chi connectivity index (χ0) is 18.6. The molecule has 0 unspecified atom stereocenters. The highest BCUT2D eigenvalue weighted by molar-refractivity contribution is 7.80. The maximum Gasteiger partial charge on any atom is 0.337 e. The lowest BCUT2D eigenvalue weighted by Crippen LogP contribution is -2.48. The first kappa shape index (κ1) is 19.7. The second kappa shape index (κ2) is 8.65. The lowest BCUT2D eigenvalue weighted by Gasteiger charge is -2.37. The molecule has 0 aromatic heterocycles. The Labute approximate surface area is 159 Å². The monoisotopic (exact) mass is 381 g/mol. The van der Waals surface area contributed by atoms with Crippen molar-refractivity contribution in [1.82, 2.24) is 15.1 Å². The van der Waals surface area contributed by atoms with Gasteiger partial charge in [-0.05, 0) is 63.9 Å². The highest BCUT2D eigenvalue weighted by Crippen LogP contribution is 2.31. The Bertz CT molecular complexity index is 673. The van der Waals surface area contributed by atoms with E-state index in [1.54, 1.807) is 12.1 Å². The molecule has 0 bridgehead atoms. The first-order chi connectivity index (χ1) is 11.8. The maximum absolute atomic E-state index is 12.4. The number of thiocarbonyl (C=S) groups is 1. The van der Waals surface area contributed by atoms with Gasteiger partial charge in [0.05, 0.1) is 18.7 Å². The molecule has 1 aliphatic heterocycles. The van der Waals surface area contributed by atoms with Crippen LogP contribution in [-0.2, 0) is 9.53 Å². The number of allylic oxidation sites excluding steroid dienone is 1. The van der Waals surface area contributed by atoms with Gasteiger partial charge in [-0.15, -0.1) is 0 Å². The van der Waals surface area contributed by atoms with Crippen molar-refractivity contribution >= 4 is 34.9 Å². The van der Waals surface area contributed by atoms with Crippen LogP contribution in [0, 0.1) is 0 Å². The number of carbonyl (C=O) groups is 1. The molecule has 0 saturated heterocycles. The third kappa shape index (κ3) is 4.71. The van der Waals surface area contributed by atoms with E-state index in [1.165, 1.54) is 7.11 Å². The van der Waals surface area contributed by atoms with Crippen LogP contribution < -0.4 is 5.32 Å². The maximum atomic E-state index is 12.4. The van der Waals surface area contributed by atoms with Crippen molar-refractivity contribution in [3.8, 4) is 0 Å². The summed E-state index contributed by atoms with van der Waals surface area (Å²) < 4.78 is 5.02. The molecule has 0 fully saturated rings. The molecule has 0 amide bonds. The fraction of sp³-hybridized carbons (Fsp3) is 0.444. The molecule has 1 N–H and O–H groups in total. The summed E-state index contributed by atoms with van der Waals surface area (Å²) in [6, 6.07) is 7.04. The summed E-state index contributed by atoms with van der Waals surface area (Å²) in [5.41, 5.74) is 2.32. The van der Waals surface area contributed by atoms with Gasteiger partial charge in [-0.3, -0.25) is 0 Å². The predicted molar refractivity (Wildman–Crippen MR) is 105 cm³/mol. The zero-order valence-electron chi connectivity index (χ0n) is 15.0. The van der Waals surface area contributed by atoms with Crippen molar-refractivity contribution in [2.45, 2.75) is 19.4 Å². The van der Waals surface area contributed by atoms with Gasteiger partial charge in [0.15, 0.2) is 5.11 Å². The van der Waals surface area contributed by atoms with Crippen molar-refractivity contribution < 1.29 is 9.53 Å². The Hall–Kier alpha value is -1.63. The van der Waals surface area contributed by atoms with Gasteiger partial charge in [0.2, 0.25) is 0 Å². The molecule has 2 rings (SSSR count). The number of carbonyl (C=O) groups excluding carboxylic acids is 1. The van der Waals surface area contributed by atoms with Crippen molar-refractivity contribution in [3.05, 3.63) is 46.1 Å². The van der Waals surface area contributed by atoms with E-state index < -0.39 is 0 Å². The average Bonchev–Trinajstić information content (AvgIpc) is 2.57. The van der Waals surface area contributed by atoms with Gasteiger partial charge < -0.3 is 19.9 Å². The van der Waals surface area contributed by atoms with Crippen LogP contribution in [0.25, 0.3) is 0 Å². The van der Waals surface area contributed by atoms with E-state index in [0.717, 1.165) is 30.8 Å². The Morgan fingerprint density at radius 1 is 1.36 bits per heavy atom. The lowest BCUT2D eigenvalue weighted by molar-refractivity contribution is -0.136. The van der Waals surface area contributed by atoms with Crippen LogP contribution in [-0.4, -0.2) is 55.2 Å². The Balaban J connectivity index is 2.35. The summed E-state index contributed by atoms with van der Waals surface area (Å²) >= 11 is 11.5. The first-order valence-corrected chi connectivity index (χ1v) is 8.91. The second-order valence-corrected chi connectivity index (χ2v) is 7.06. The van der Waals surface area contributed by atoms with Crippen LogP contribution in [0.1, 0.15) is 24.9 Å². The number of esters is 1. The zero-order valence-corrected chi connectivity index (χ0v) is 16.6. The molecule has 0 spiro atoms. The smallest absolute Gasteiger partial charge is 0.337 e. The molecule has 1 aromatic carbocycles. The van der Waals surface area contributed by atoms with E-state index in [0.29, 0.717) is 15.7 Å². The van der Waals surface area contributed by atoms with Crippen LogP contribution in [0.3, 0.4) is 0 Å². The average molecular weight is 382 g/mol. The number of methoxy groups -OCH3 is 1. The predicted octanol–water partition coefficient (Wildman–Crippen LogP) is 2.97. The highest BCUT2D eigenvalue weighted by Gasteiger charge is 2.34. The van der Waals surface area contributed by atoms with Gasteiger partial charge in [-0.1, -0.05) is 23.7 Å². The van der Waals surface area contributed by atoms with Crippen LogP contribution in [0.15, 0.2) is 35.5 Å². The third-order valence-electron chi connectivity index (χ3n) is 4.19. The number of nitrogens with one attached hydrogen (secondary N) is 1. The molecular weight excluding hydrogens is 358 g/mol. The molecule has 1 heterocycles. The molecule has 1 aromatic rings. The molecule has 136 valence electrons. The molecular formula is C18H24ClN3O2S. The summed E-state index contributed by atoms with van der Waals surface area (Å²) in [6.45, 7) is 3.60. The van der Waals surface area contributed by atoms with Gasteiger partial charge in [0, 0.05) is 17.3 Å². The van der Waals surface area contributed by atoms with E-state index in [-0.39, 0.29) is 12.0 Å². The van der Waals surface area contributed by atoms with E-state index in [9.17, 15) is 4.79 Å². The van der Waals surface area contributed by atoms with Gasteiger partial charge in [-0.25, -0.2) is 4.79 Å². The minimum atomic E-state index is -0.356. The highest BCUT2D eigenvalue weighted by atomic mass is 35.5. The minimum Gasteiger partial charge on any atom is -0.466 e. The number of halogens is 1. The summed E-state index contributed by atoms with van der Waals surface area (Å²) in [5, 5.41) is 4.54. The number of ether oxygens (including phenoxy) is 1. The summed E-state index contributed by atoms with van der Waals surface area (Å²) in [7, 11) is 5.46. The standard InChI is InChI=1S/C18H24ClN3O2S/c1-12-15(17(23)24-4)16(13-6-8-14(19)9-7-13)20-18(25)22(12)11-5-10-21(2)3/h6-9,16H,5,10-11H2,1-4H3,(H,20,25)/t16-/m0/s1.